The molecule has 1 unspecified atom stereocenters. The molecule has 1 aliphatic rings. The van der Waals surface area contributed by atoms with Crippen LogP contribution in [0.1, 0.15) is 13.3 Å². The first-order chi connectivity index (χ1) is 7.75. The summed E-state index contributed by atoms with van der Waals surface area (Å²) in [7, 11) is 0. The van der Waals surface area contributed by atoms with Crippen molar-refractivity contribution in [2.24, 2.45) is 5.73 Å². The summed E-state index contributed by atoms with van der Waals surface area (Å²) in [6.07, 6.45) is 0.928. The maximum Gasteiger partial charge on any atom is 0.163 e. The number of nitrogens with one attached hydrogen (secondary N) is 1. The van der Waals surface area contributed by atoms with Crippen molar-refractivity contribution in [1.29, 1.82) is 0 Å². The third kappa shape index (κ3) is 2.79. The standard InChI is InChI=1S/C12H18N2O2/c1-9(13)8-14-10-3-4-11-12(7-10)16-6-2-5-15-11/h3-4,7,9,14H,2,5-6,8,13H2,1H3. The molecular weight excluding hydrogens is 204 g/mol. The molecular formula is C12H18N2O2. The zero-order valence-corrected chi connectivity index (χ0v) is 9.53. The quantitative estimate of drug-likeness (QED) is 0.815. The predicted molar refractivity (Wildman–Crippen MR) is 64.2 cm³/mol. The monoisotopic (exact) mass is 222 g/mol. The molecule has 0 saturated carbocycles. The first-order valence-electron chi connectivity index (χ1n) is 5.65. The lowest BCUT2D eigenvalue weighted by atomic mass is 10.2. The van der Waals surface area contributed by atoms with Gasteiger partial charge in [0.15, 0.2) is 11.5 Å². The minimum Gasteiger partial charge on any atom is -0.490 e. The zero-order valence-electron chi connectivity index (χ0n) is 9.53. The Morgan fingerprint density at radius 3 is 2.81 bits per heavy atom. The summed E-state index contributed by atoms with van der Waals surface area (Å²) in [4.78, 5) is 0. The zero-order chi connectivity index (χ0) is 11.4. The van der Waals surface area contributed by atoms with Crippen molar-refractivity contribution in [3.05, 3.63) is 18.2 Å². The summed E-state index contributed by atoms with van der Waals surface area (Å²) < 4.78 is 11.2. The molecule has 1 aromatic carbocycles. The van der Waals surface area contributed by atoms with Crippen molar-refractivity contribution in [3.8, 4) is 11.5 Å². The first-order valence-corrected chi connectivity index (χ1v) is 5.65. The van der Waals surface area contributed by atoms with Crippen LogP contribution in [0.4, 0.5) is 5.69 Å². The average molecular weight is 222 g/mol. The smallest absolute Gasteiger partial charge is 0.163 e. The molecule has 4 nitrogen and oxygen atoms in total. The molecule has 0 saturated heterocycles. The molecule has 88 valence electrons. The number of benzene rings is 1. The molecule has 1 heterocycles. The van der Waals surface area contributed by atoms with Crippen molar-refractivity contribution < 1.29 is 9.47 Å². The van der Waals surface area contributed by atoms with Gasteiger partial charge in [-0.15, -0.1) is 0 Å². The highest BCUT2D eigenvalue weighted by molar-refractivity contribution is 5.55. The number of ether oxygens (including phenoxy) is 2. The van der Waals surface area contributed by atoms with Crippen LogP contribution < -0.4 is 20.5 Å². The number of hydrogen-bond acceptors (Lipinski definition) is 4. The van der Waals surface area contributed by atoms with E-state index in [1.165, 1.54) is 0 Å². The molecule has 1 atom stereocenters. The van der Waals surface area contributed by atoms with Crippen LogP contribution in [0.15, 0.2) is 18.2 Å². The van der Waals surface area contributed by atoms with Gasteiger partial charge >= 0.3 is 0 Å². The molecule has 0 amide bonds. The van der Waals surface area contributed by atoms with Crippen LogP contribution in [0, 0.1) is 0 Å². The third-order valence-corrected chi connectivity index (χ3v) is 2.38. The Bertz CT molecular complexity index is 353. The Morgan fingerprint density at radius 2 is 2.06 bits per heavy atom. The van der Waals surface area contributed by atoms with E-state index < -0.39 is 0 Å². The van der Waals surface area contributed by atoms with Gasteiger partial charge in [0.2, 0.25) is 0 Å². The normalized spacial score (nSPS) is 16.4. The van der Waals surface area contributed by atoms with Crippen LogP contribution >= 0.6 is 0 Å². The van der Waals surface area contributed by atoms with E-state index in [4.69, 9.17) is 15.2 Å². The van der Waals surface area contributed by atoms with E-state index in [0.29, 0.717) is 6.61 Å². The fourth-order valence-corrected chi connectivity index (χ4v) is 1.55. The van der Waals surface area contributed by atoms with E-state index in [-0.39, 0.29) is 6.04 Å². The van der Waals surface area contributed by atoms with Crippen LogP contribution in [0.2, 0.25) is 0 Å². The van der Waals surface area contributed by atoms with Crippen LogP contribution in [-0.4, -0.2) is 25.8 Å². The molecule has 0 radical (unpaired) electrons. The third-order valence-electron chi connectivity index (χ3n) is 2.38. The van der Waals surface area contributed by atoms with Gasteiger partial charge < -0.3 is 20.5 Å². The highest BCUT2D eigenvalue weighted by Gasteiger charge is 2.10. The predicted octanol–water partition coefficient (Wildman–Crippen LogP) is 1.61. The Labute approximate surface area is 95.7 Å². The molecule has 1 aromatic rings. The Morgan fingerprint density at radius 1 is 1.31 bits per heavy atom. The summed E-state index contributed by atoms with van der Waals surface area (Å²) in [5.41, 5.74) is 6.70. The molecule has 0 bridgehead atoms. The Balaban J connectivity index is 2.08. The van der Waals surface area contributed by atoms with Crippen LogP contribution in [0.3, 0.4) is 0 Å². The highest BCUT2D eigenvalue weighted by atomic mass is 16.5. The summed E-state index contributed by atoms with van der Waals surface area (Å²) in [5.74, 6) is 1.64. The molecule has 0 aromatic heterocycles. The summed E-state index contributed by atoms with van der Waals surface area (Å²) in [6, 6.07) is 6.01. The summed E-state index contributed by atoms with van der Waals surface area (Å²) in [5, 5.41) is 3.25. The average Bonchev–Trinajstić information content (AvgIpc) is 2.50. The summed E-state index contributed by atoms with van der Waals surface area (Å²) in [6.45, 7) is 4.15. The number of fused-ring (bicyclic) bond motifs is 1. The van der Waals surface area contributed by atoms with Crippen molar-refractivity contribution in [2.45, 2.75) is 19.4 Å². The topological polar surface area (TPSA) is 56.5 Å². The van der Waals surface area contributed by atoms with Gasteiger partial charge in [-0.25, -0.2) is 0 Å². The number of hydrogen-bond donors (Lipinski definition) is 2. The highest BCUT2D eigenvalue weighted by Crippen LogP contribution is 2.32. The van der Waals surface area contributed by atoms with Crippen molar-refractivity contribution in [1.82, 2.24) is 0 Å². The van der Waals surface area contributed by atoms with Gasteiger partial charge in [0.25, 0.3) is 0 Å². The van der Waals surface area contributed by atoms with E-state index in [2.05, 4.69) is 5.32 Å². The van der Waals surface area contributed by atoms with Crippen molar-refractivity contribution in [3.63, 3.8) is 0 Å². The fourth-order valence-electron chi connectivity index (χ4n) is 1.55. The SMILES string of the molecule is CC(N)CNc1ccc2c(c1)OCCCO2. The summed E-state index contributed by atoms with van der Waals surface area (Å²) >= 11 is 0. The van der Waals surface area contributed by atoms with Gasteiger partial charge in [0, 0.05) is 30.8 Å². The van der Waals surface area contributed by atoms with Crippen LogP contribution in [0.5, 0.6) is 11.5 Å². The number of nitrogens with two attached hydrogens (primary N) is 1. The first kappa shape index (κ1) is 11.1. The second-order valence-electron chi connectivity index (χ2n) is 4.07. The second kappa shape index (κ2) is 5.07. The van der Waals surface area contributed by atoms with E-state index in [9.17, 15) is 0 Å². The molecule has 2 rings (SSSR count). The molecule has 0 spiro atoms. The van der Waals surface area contributed by atoms with E-state index in [1.807, 2.05) is 25.1 Å². The lowest BCUT2D eigenvalue weighted by molar-refractivity contribution is 0.297. The molecule has 0 fully saturated rings. The number of rotatable bonds is 3. The van der Waals surface area contributed by atoms with E-state index in [1.54, 1.807) is 0 Å². The fraction of sp³-hybridized carbons (Fsp3) is 0.500. The molecule has 0 aliphatic carbocycles. The second-order valence-corrected chi connectivity index (χ2v) is 4.07. The van der Waals surface area contributed by atoms with Crippen molar-refractivity contribution in [2.75, 3.05) is 25.1 Å². The maximum atomic E-state index is 5.68. The van der Waals surface area contributed by atoms with E-state index >= 15 is 0 Å². The lowest BCUT2D eigenvalue weighted by Gasteiger charge is -2.12. The van der Waals surface area contributed by atoms with Gasteiger partial charge in [0.05, 0.1) is 13.2 Å². The van der Waals surface area contributed by atoms with Crippen molar-refractivity contribution >= 4 is 5.69 Å². The van der Waals surface area contributed by atoms with Crippen LogP contribution in [0.25, 0.3) is 0 Å². The number of anilines is 1. The van der Waals surface area contributed by atoms with Gasteiger partial charge in [-0.1, -0.05) is 0 Å². The van der Waals surface area contributed by atoms with E-state index in [0.717, 1.165) is 36.8 Å². The van der Waals surface area contributed by atoms with Gasteiger partial charge in [-0.3, -0.25) is 0 Å². The van der Waals surface area contributed by atoms with Crippen LogP contribution in [-0.2, 0) is 0 Å². The largest absolute Gasteiger partial charge is 0.490 e. The molecule has 4 heteroatoms. The maximum absolute atomic E-state index is 5.68. The Hall–Kier alpha value is -1.42. The van der Waals surface area contributed by atoms with Gasteiger partial charge in [0.1, 0.15) is 0 Å². The Kier molecular flexibility index (Phi) is 3.51. The lowest BCUT2D eigenvalue weighted by Crippen LogP contribution is -2.25. The van der Waals surface area contributed by atoms with Gasteiger partial charge in [-0.05, 0) is 19.1 Å². The molecule has 1 aliphatic heterocycles. The molecule has 16 heavy (non-hydrogen) atoms. The minimum absolute atomic E-state index is 0.135. The minimum atomic E-state index is 0.135. The molecule has 3 N–H and O–H groups in total. The van der Waals surface area contributed by atoms with Gasteiger partial charge in [-0.2, -0.15) is 0 Å².